The van der Waals surface area contributed by atoms with Gasteiger partial charge < -0.3 is 10.7 Å². The second-order valence-electron chi connectivity index (χ2n) is 3.56. The minimum Gasteiger partial charge on any atom is -0.363 e. The van der Waals surface area contributed by atoms with E-state index in [-0.39, 0.29) is 0 Å². The van der Waals surface area contributed by atoms with Gasteiger partial charge in [-0.3, -0.25) is 0 Å². The van der Waals surface area contributed by atoms with Crippen LogP contribution in [0.3, 0.4) is 0 Å². The number of rotatable bonds is 4. The number of hydrazine groups is 1. The number of hydrogen-bond donors (Lipinski definition) is 3. The number of nitrogen functional groups attached to an aromatic ring is 1. The molecule has 17 heavy (non-hydrogen) atoms. The van der Waals surface area contributed by atoms with E-state index in [4.69, 9.17) is 5.84 Å². The van der Waals surface area contributed by atoms with E-state index in [1.54, 1.807) is 11.3 Å². The molecule has 0 unspecified atom stereocenters. The summed E-state index contributed by atoms with van der Waals surface area (Å²) >= 11 is 1.67. The Morgan fingerprint density at radius 2 is 2.00 bits per heavy atom. The third kappa shape index (κ3) is 2.69. The van der Waals surface area contributed by atoms with Crippen LogP contribution in [0.2, 0.25) is 0 Å². The Labute approximate surface area is 103 Å². The molecule has 0 radical (unpaired) electrons. The van der Waals surface area contributed by atoms with E-state index in [1.807, 2.05) is 20.0 Å². The van der Waals surface area contributed by atoms with E-state index < -0.39 is 0 Å². The van der Waals surface area contributed by atoms with Gasteiger partial charge in [-0.15, -0.1) is 11.3 Å². The highest BCUT2D eigenvalue weighted by molar-refractivity contribution is 7.11. The van der Waals surface area contributed by atoms with Gasteiger partial charge in [-0.05, 0) is 13.8 Å². The third-order valence-corrected chi connectivity index (χ3v) is 3.21. The summed E-state index contributed by atoms with van der Waals surface area (Å²) in [6.45, 7) is 4.60. The molecular weight excluding hydrogens is 236 g/mol. The summed E-state index contributed by atoms with van der Waals surface area (Å²) in [5.74, 6) is 6.74. The van der Waals surface area contributed by atoms with E-state index in [0.717, 1.165) is 16.4 Å². The first-order valence-corrected chi connectivity index (χ1v) is 5.95. The molecule has 7 heteroatoms. The molecule has 0 aliphatic rings. The van der Waals surface area contributed by atoms with Crippen molar-refractivity contribution in [2.45, 2.75) is 20.4 Å². The van der Waals surface area contributed by atoms with E-state index in [1.165, 1.54) is 11.2 Å². The van der Waals surface area contributed by atoms with Gasteiger partial charge >= 0.3 is 0 Å². The molecule has 2 aromatic heterocycles. The van der Waals surface area contributed by atoms with Gasteiger partial charge in [0.25, 0.3) is 0 Å². The maximum atomic E-state index is 5.35. The second-order valence-corrected chi connectivity index (χ2v) is 4.88. The highest BCUT2D eigenvalue weighted by Gasteiger charge is 2.06. The Morgan fingerprint density at radius 1 is 1.24 bits per heavy atom. The summed E-state index contributed by atoms with van der Waals surface area (Å²) in [4.78, 5) is 13.7. The zero-order valence-corrected chi connectivity index (χ0v) is 10.5. The van der Waals surface area contributed by atoms with Gasteiger partial charge in [0.2, 0.25) is 0 Å². The van der Waals surface area contributed by atoms with Crippen molar-refractivity contribution in [1.29, 1.82) is 0 Å². The average Bonchev–Trinajstić information content (AvgIpc) is 2.74. The Hall–Kier alpha value is -1.73. The van der Waals surface area contributed by atoms with E-state index >= 15 is 0 Å². The molecule has 0 fully saturated rings. The molecule has 0 spiro atoms. The van der Waals surface area contributed by atoms with Gasteiger partial charge in [0, 0.05) is 16.6 Å². The van der Waals surface area contributed by atoms with Crippen LogP contribution in [-0.4, -0.2) is 15.0 Å². The molecule has 6 nitrogen and oxygen atoms in total. The molecule has 0 aliphatic heterocycles. The standard InChI is InChI=1S/C10H14N6S/c1-6-3-12-8(17-6)4-13-9-7(2)10(16-11)15-5-14-9/h3,5H,4,11H2,1-2H3,(H2,13,14,15,16). The predicted molar refractivity (Wildman–Crippen MR) is 68.8 cm³/mol. The molecule has 0 aromatic carbocycles. The lowest BCUT2D eigenvalue weighted by Gasteiger charge is -2.09. The van der Waals surface area contributed by atoms with E-state index in [9.17, 15) is 0 Å². The van der Waals surface area contributed by atoms with Crippen molar-refractivity contribution in [3.8, 4) is 0 Å². The SMILES string of the molecule is Cc1cnc(CNc2ncnc(NN)c2C)s1. The predicted octanol–water partition coefficient (Wildman–Crippen LogP) is 1.45. The lowest BCUT2D eigenvalue weighted by atomic mass is 10.3. The van der Waals surface area contributed by atoms with Crippen LogP contribution in [0, 0.1) is 13.8 Å². The fraction of sp³-hybridized carbons (Fsp3) is 0.300. The van der Waals surface area contributed by atoms with Crippen LogP contribution in [0.5, 0.6) is 0 Å². The first kappa shape index (κ1) is 11.7. The van der Waals surface area contributed by atoms with Gasteiger partial charge in [0.15, 0.2) is 0 Å². The number of anilines is 2. The maximum Gasteiger partial charge on any atom is 0.148 e. The average molecular weight is 250 g/mol. The molecule has 0 saturated carbocycles. The molecule has 0 bridgehead atoms. The third-order valence-electron chi connectivity index (χ3n) is 2.30. The van der Waals surface area contributed by atoms with E-state index in [2.05, 4.69) is 25.7 Å². The number of nitrogens with zero attached hydrogens (tertiary/aromatic N) is 3. The highest BCUT2D eigenvalue weighted by Crippen LogP contribution is 2.18. The summed E-state index contributed by atoms with van der Waals surface area (Å²) in [7, 11) is 0. The Bertz CT molecular complexity index is 509. The van der Waals surface area contributed by atoms with Crippen LogP contribution in [-0.2, 0) is 6.54 Å². The molecule has 0 amide bonds. The molecule has 2 aromatic rings. The van der Waals surface area contributed by atoms with Crippen molar-refractivity contribution >= 4 is 23.0 Å². The van der Waals surface area contributed by atoms with Gasteiger partial charge in [-0.2, -0.15) is 0 Å². The summed E-state index contributed by atoms with van der Waals surface area (Å²) in [5, 5.41) is 4.25. The first-order valence-electron chi connectivity index (χ1n) is 5.14. The fourth-order valence-electron chi connectivity index (χ4n) is 1.42. The quantitative estimate of drug-likeness (QED) is 0.562. The van der Waals surface area contributed by atoms with Crippen LogP contribution >= 0.6 is 11.3 Å². The minimum atomic E-state index is 0.623. The molecule has 90 valence electrons. The topological polar surface area (TPSA) is 88.8 Å². The van der Waals surface area contributed by atoms with Crippen LogP contribution in [0.25, 0.3) is 0 Å². The molecule has 0 saturated heterocycles. The van der Waals surface area contributed by atoms with Crippen molar-refractivity contribution in [3.63, 3.8) is 0 Å². The van der Waals surface area contributed by atoms with Crippen LogP contribution in [0.1, 0.15) is 15.4 Å². The van der Waals surface area contributed by atoms with Crippen molar-refractivity contribution in [1.82, 2.24) is 15.0 Å². The van der Waals surface area contributed by atoms with E-state index in [0.29, 0.717) is 12.4 Å². The first-order chi connectivity index (χ1) is 8.20. The second kappa shape index (κ2) is 5.07. The molecule has 0 aliphatic carbocycles. The number of nitrogens with two attached hydrogens (primary N) is 1. The van der Waals surface area contributed by atoms with Crippen molar-refractivity contribution in [2.24, 2.45) is 5.84 Å². The summed E-state index contributed by atoms with van der Waals surface area (Å²) in [6, 6.07) is 0. The molecular formula is C10H14N6S. The summed E-state index contributed by atoms with van der Waals surface area (Å²) in [5.41, 5.74) is 3.43. The van der Waals surface area contributed by atoms with Crippen molar-refractivity contribution in [2.75, 3.05) is 10.7 Å². The largest absolute Gasteiger partial charge is 0.363 e. The number of aryl methyl sites for hydroxylation is 1. The monoisotopic (exact) mass is 250 g/mol. The number of hydrogen-bond acceptors (Lipinski definition) is 7. The lowest BCUT2D eigenvalue weighted by Crippen LogP contribution is -2.12. The Kier molecular flexibility index (Phi) is 3.50. The Balaban J connectivity index is 2.09. The number of thiazole rings is 1. The van der Waals surface area contributed by atoms with Crippen LogP contribution in [0.15, 0.2) is 12.5 Å². The lowest BCUT2D eigenvalue weighted by molar-refractivity contribution is 1.04. The van der Waals surface area contributed by atoms with Gasteiger partial charge in [-0.1, -0.05) is 0 Å². The molecule has 4 N–H and O–H groups in total. The summed E-state index contributed by atoms with van der Waals surface area (Å²) < 4.78 is 0. The minimum absolute atomic E-state index is 0.623. The normalized spacial score (nSPS) is 10.3. The molecule has 2 heterocycles. The highest BCUT2D eigenvalue weighted by atomic mass is 32.1. The molecule has 0 atom stereocenters. The zero-order chi connectivity index (χ0) is 12.3. The smallest absolute Gasteiger partial charge is 0.148 e. The Morgan fingerprint density at radius 3 is 2.65 bits per heavy atom. The fourth-order valence-corrected chi connectivity index (χ4v) is 2.14. The number of aromatic nitrogens is 3. The maximum absolute atomic E-state index is 5.35. The number of nitrogens with one attached hydrogen (secondary N) is 2. The van der Waals surface area contributed by atoms with Gasteiger partial charge in [0.05, 0.1) is 6.54 Å². The molecule has 2 rings (SSSR count). The van der Waals surface area contributed by atoms with Crippen molar-refractivity contribution in [3.05, 3.63) is 28.0 Å². The van der Waals surface area contributed by atoms with Crippen LogP contribution in [0.4, 0.5) is 11.6 Å². The van der Waals surface area contributed by atoms with Crippen molar-refractivity contribution < 1.29 is 0 Å². The van der Waals surface area contributed by atoms with Gasteiger partial charge in [0.1, 0.15) is 23.0 Å². The van der Waals surface area contributed by atoms with Crippen LogP contribution < -0.4 is 16.6 Å². The van der Waals surface area contributed by atoms with Gasteiger partial charge in [-0.25, -0.2) is 20.8 Å². The summed E-state index contributed by atoms with van der Waals surface area (Å²) in [6.07, 6.45) is 3.33. The zero-order valence-electron chi connectivity index (χ0n) is 9.69.